The Hall–Kier alpha value is -3.52. The topological polar surface area (TPSA) is 9.86 Å². The predicted molar refractivity (Wildman–Crippen MR) is 160 cm³/mol. The van der Waals surface area contributed by atoms with E-state index in [4.69, 9.17) is 0 Å². The van der Waals surface area contributed by atoms with Gasteiger partial charge in [0.15, 0.2) is 0 Å². The van der Waals surface area contributed by atoms with Crippen molar-refractivity contribution in [3.63, 3.8) is 0 Å². The lowest BCUT2D eigenvalue weighted by Gasteiger charge is -2.08. The molecule has 35 heavy (non-hydrogen) atoms. The minimum absolute atomic E-state index is 1.20. The minimum Gasteiger partial charge on any atom is -0.344 e. The van der Waals surface area contributed by atoms with E-state index >= 15 is 0 Å². The average Bonchev–Trinajstić information content (AvgIpc) is 3.45. The fourth-order valence-corrected chi connectivity index (χ4v) is 4.50. The lowest BCUT2D eigenvalue weighted by atomic mass is 10.1. The Kier molecular flexibility index (Phi) is 10.6. The summed E-state index contributed by atoms with van der Waals surface area (Å²) >= 11 is 0. The molecule has 4 aromatic carbocycles. The number of benzene rings is 4. The third-order valence-electron chi connectivity index (χ3n) is 5.74. The fraction of sp³-hybridized carbons (Fsp3) is 0.273. The zero-order chi connectivity index (χ0) is 26.0. The SMILES string of the molecule is CC.CC.CC.CC.Cn1c2ccccc2c2cc(-n3c4ccccc4c4ccccc43)ccc21. The first-order valence-corrected chi connectivity index (χ1v) is 13.3. The van der Waals surface area contributed by atoms with Crippen molar-refractivity contribution in [2.45, 2.75) is 55.4 Å². The molecule has 2 aromatic heterocycles. The van der Waals surface area contributed by atoms with Gasteiger partial charge in [-0.3, -0.25) is 0 Å². The van der Waals surface area contributed by atoms with Crippen LogP contribution >= 0.6 is 0 Å². The molecule has 0 aliphatic heterocycles. The highest BCUT2D eigenvalue weighted by atomic mass is 15.0. The zero-order valence-electron chi connectivity index (χ0n) is 23.1. The van der Waals surface area contributed by atoms with E-state index in [2.05, 4.69) is 107 Å². The van der Waals surface area contributed by atoms with Crippen LogP contribution in [0.2, 0.25) is 0 Å². The van der Waals surface area contributed by atoms with Crippen molar-refractivity contribution < 1.29 is 0 Å². The van der Waals surface area contributed by atoms with E-state index in [1.54, 1.807) is 0 Å². The largest absolute Gasteiger partial charge is 0.344 e. The van der Waals surface area contributed by atoms with E-state index in [0.29, 0.717) is 0 Å². The molecule has 0 aliphatic carbocycles. The first-order valence-electron chi connectivity index (χ1n) is 13.3. The number of rotatable bonds is 1. The number of fused-ring (bicyclic) bond motifs is 6. The molecule has 0 saturated carbocycles. The molecule has 0 unspecified atom stereocenters. The summed E-state index contributed by atoms with van der Waals surface area (Å²) in [6.07, 6.45) is 0. The Labute approximate surface area is 211 Å². The monoisotopic (exact) mass is 466 g/mol. The summed E-state index contributed by atoms with van der Waals surface area (Å²) in [6.45, 7) is 16.0. The molecule has 2 nitrogen and oxygen atoms in total. The molecule has 6 aromatic rings. The first kappa shape index (κ1) is 27.7. The number of para-hydroxylation sites is 3. The van der Waals surface area contributed by atoms with Crippen molar-refractivity contribution in [2.75, 3.05) is 0 Å². The fourth-order valence-electron chi connectivity index (χ4n) is 4.50. The van der Waals surface area contributed by atoms with E-state index in [1.807, 2.05) is 55.4 Å². The normalized spacial score (nSPS) is 9.86. The van der Waals surface area contributed by atoms with E-state index in [9.17, 15) is 0 Å². The predicted octanol–water partition coefficient (Wildman–Crippen LogP) is 10.5. The number of hydrogen-bond donors (Lipinski definition) is 0. The second-order valence-corrected chi connectivity index (χ2v) is 7.15. The van der Waals surface area contributed by atoms with Crippen molar-refractivity contribution in [2.24, 2.45) is 7.05 Å². The van der Waals surface area contributed by atoms with Crippen LogP contribution in [0.1, 0.15) is 55.4 Å². The molecule has 0 fully saturated rings. The summed E-state index contributed by atoms with van der Waals surface area (Å²) in [5.74, 6) is 0. The van der Waals surface area contributed by atoms with Crippen LogP contribution in [-0.4, -0.2) is 9.13 Å². The van der Waals surface area contributed by atoms with Crippen molar-refractivity contribution in [1.29, 1.82) is 0 Å². The summed E-state index contributed by atoms with van der Waals surface area (Å²) in [6, 6.07) is 32.8. The maximum Gasteiger partial charge on any atom is 0.0541 e. The summed E-state index contributed by atoms with van der Waals surface area (Å²) in [5, 5.41) is 5.20. The second-order valence-electron chi connectivity index (χ2n) is 7.15. The van der Waals surface area contributed by atoms with Gasteiger partial charge >= 0.3 is 0 Å². The van der Waals surface area contributed by atoms with Gasteiger partial charge in [-0.2, -0.15) is 0 Å². The molecule has 6 rings (SSSR count). The van der Waals surface area contributed by atoms with Crippen LogP contribution in [0.5, 0.6) is 0 Å². The van der Waals surface area contributed by atoms with Gasteiger partial charge in [-0.15, -0.1) is 0 Å². The Morgan fingerprint density at radius 2 is 0.771 bits per heavy atom. The van der Waals surface area contributed by atoms with Gasteiger partial charge in [0.05, 0.1) is 11.0 Å². The molecule has 0 saturated heterocycles. The van der Waals surface area contributed by atoms with Gasteiger partial charge in [0.25, 0.3) is 0 Å². The number of aryl methyl sites for hydroxylation is 1. The van der Waals surface area contributed by atoms with E-state index in [1.165, 1.54) is 49.3 Å². The molecule has 0 N–H and O–H groups in total. The molecule has 0 radical (unpaired) electrons. The summed E-state index contributed by atoms with van der Waals surface area (Å²) < 4.78 is 4.66. The van der Waals surface area contributed by atoms with Gasteiger partial charge < -0.3 is 9.13 Å². The standard InChI is InChI=1S/C25H18N2.4C2H6/c1-26-22-11-5-2-10-20(22)21-16-17(14-15-23(21)26)27-24-12-6-3-8-18(24)19-9-4-7-13-25(19)27;4*1-2/h2-16H,1H3;4*1-2H3. The molecule has 0 atom stereocenters. The van der Waals surface area contributed by atoms with Gasteiger partial charge in [-0.25, -0.2) is 0 Å². The third kappa shape index (κ3) is 4.98. The van der Waals surface area contributed by atoms with Gasteiger partial charge in [-0.1, -0.05) is 110 Å². The van der Waals surface area contributed by atoms with Crippen LogP contribution in [0.3, 0.4) is 0 Å². The smallest absolute Gasteiger partial charge is 0.0541 e. The Morgan fingerprint density at radius 1 is 0.400 bits per heavy atom. The van der Waals surface area contributed by atoms with Gasteiger partial charge in [-0.05, 0) is 36.4 Å². The maximum atomic E-state index is 2.38. The molecule has 184 valence electrons. The van der Waals surface area contributed by atoms with E-state index in [-0.39, 0.29) is 0 Å². The Balaban J connectivity index is 0.000000495. The molecule has 0 bridgehead atoms. The molecule has 2 heteroatoms. The van der Waals surface area contributed by atoms with Crippen LogP contribution in [-0.2, 0) is 7.05 Å². The van der Waals surface area contributed by atoms with Gasteiger partial charge in [0.2, 0.25) is 0 Å². The first-order chi connectivity index (χ1) is 17.3. The zero-order valence-corrected chi connectivity index (χ0v) is 23.1. The van der Waals surface area contributed by atoms with Gasteiger partial charge in [0, 0.05) is 45.3 Å². The minimum atomic E-state index is 1.20. The molecule has 0 spiro atoms. The lowest BCUT2D eigenvalue weighted by molar-refractivity contribution is 1.01. The van der Waals surface area contributed by atoms with E-state index < -0.39 is 0 Å². The van der Waals surface area contributed by atoms with E-state index in [0.717, 1.165) is 0 Å². The average molecular weight is 467 g/mol. The molecule has 0 amide bonds. The van der Waals surface area contributed by atoms with Crippen LogP contribution in [0, 0.1) is 0 Å². The summed E-state index contributed by atoms with van der Waals surface area (Å²) in [7, 11) is 2.14. The maximum absolute atomic E-state index is 2.38. The summed E-state index contributed by atoms with van der Waals surface area (Å²) in [4.78, 5) is 0. The highest BCUT2D eigenvalue weighted by Crippen LogP contribution is 2.34. The van der Waals surface area contributed by atoms with Crippen LogP contribution in [0.25, 0.3) is 49.3 Å². The van der Waals surface area contributed by atoms with Crippen LogP contribution in [0.15, 0.2) is 91.0 Å². The number of nitrogens with zero attached hydrogens (tertiary/aromatic N) is 2. The quantitative estimate of drug-likeness (QED) is 0.228. The molecule has 2 heterocycles. The lowest BCUT2D eigenvalue weighted by Crippen LogP contribution is -1.94. The van der Waals surface area contributed by atoms with Crippen molar-refractivity contribution in [1.82, 2.24) is 9.13 Å². The highest BCUT2D eigenvalue weighted by Gasteiger charge is 2.13. The van der Waals surface area contributed by atoms with Crippen molar-refractivity contribution in [3.8, 4) is 5.69 Å². The van der Waals surface area contributed by atoms with Crippen molar-refractivity contribution in [3.05, 3.63) is 91.0 Å². The highest BCUT2D eigenvalue weighted by molar-refractivity contribution is 6.11. The molecule has 0 aliphatic rings. The third-order valence-corrected chi connectivity index (χ3v) is 5.74. The molecular formula is C33H42N2. The number of aromatic nitrogens is 2. The Morgan fingerprint density at radius 3 is 1.26 bits per heavy atom. The van der Waals surface area contributed by atoms with Crippen molar-refractivity contribution >= 4 is 43.6 Å². The van der Waals surface area contributed by atoms with Gasteiger partial charge in [0.1, 0.15) is 0 Å². The number of hydrogen-bond acceptors (Lipinski definition) is 0. The van der Waals surface area contributed by atoms with Crippen LogP contribution < -0.4 is 0 Å². The second kappa shape index (κ2) is 13.4. The molecular weight excluding hydrogens is 424 g/mol. The van der Waals surface area contributed by atoms with Crippen LogP contribution in [0.4, 0.5) is 0 Å². The summed E-state index contributed by atoms with van der Waals surface area (Å²) in [5.41, 5.74) is 6.24. The Bertz CT molecular complexity index is 1430.